The molecule has 2 aliphatic rings. The maximum atomic E-state index is 12.9. The van der Waals surface area contributed by atoms with E-state index in [4.69, 9.17) is 9.47 Å². The van der Waals surface area contributed by atoms with Crippen LogP contribution in [0.15, 0.2) is 24.4 Å². The third-order valence-electron chi connectivity index (χ3n) is 5.46. The Morgan fingerprint density at radius 3 is 2.83 bits per heavy atom. The maximum absolute atomic E-state index is 12.9. The van der Waals surface area contributed by atoms with E-state index in [0.717, 1.165) is 21.1 Å². The van der Waals surface area contributed by atoms with Crippen LogP contribution in [0.2, 0.25) is 0 Å². The molecule has 1 amide bonds. The molecule has 0 radical (unpaired) electrons. The molecule has 0 aliphatic carbocycles. The Hall–Kier alpha value is -2.63. The fraction of sp³-hybridized carbons (Fsp3) is 0.474. The van der Waals surface area contributed by atoms with Gasteiger partial charge in [0.1, 0.15) is 6.04 Å². The van der Waals surface area contributed by atoms with Gasteiger partial charge in [0.05, 0.1) is 11.7 Å². The van der Waals surface area contributed by atoms with Gasteiger partial charge in [-0.15, -0.1) is 0 Å². The van der Waals surface area contributed by atoms with Crippen molar-refractivity contribution in [1.29, 1.82) is 0 Å². The van der Waals surface area contributed by atoms with Crippen LogP contribution in [0.4, 0.5) is 0 Å². The Morgan fingerprint density at radius 2 is 2.10 bits per heavy atom. The summed E-state index contributed by atoms with van der Waals surface area (Å²) in [6.45, 7) is 4.91. The summed E-state index contributed by atoms with van der Waals surface area (Å²) in [7, 11) is -2.40. The molecule has 2 atom stereocenters. The van der Waals surface area contributed by atoms with E-state index in [0.29, 0.717) is 24.5 Å². The largest absolute Gasteiger partial charge is 0.454 e. The number of ether oxygens (including phenoxy) is 2. The van der Waals surface area contributed by atoms with E-state index < -0.39 is 22.3 Å². The number of fused-ring (bicyclic) bond motifs is 1. The molecule has 1 aromatic carbocycles. The average Bonchev–Trinajstić information content (AvgIpc) is 3.33. The van der Waals surface area contributed by atoms with Crippen molar-refractivity contribution >= 4 is 16.1 Å². The van der Waals surface area contributed by atoms with Crippen molar-refractivity contribution in [3.05, 3.63) is 41.2 Å². The highest BCUT2D eigenvalue weighted by atomic mass is 32.2. The van der Waals surface area contributed by atoms with Crippen molar-refractivity contribution in [3.63, 3.8) is 0 Å². The lowest BCUT2D eigenvalue weighted by Crippen LogP contribution is -2.57. The van der Waals surface area contributed by atoms with Gasteiger partial charge in [0.2, 0.25) is 12.7 Å². The van der Waals surface area contributed by atoms with Crippen LogP contribution in [-0.2, 0) is 28.1 Å². The van der Waals surface area contributed by atoms with Crippen molar-refractivity contribution < 1.29 is 22.7 Å². The van der Waals surface area contributed by atoms with Gasteiger partial charge in [-0.1, -0.05) is 6.07 Å². The van der Waals surface area contributed by atoms with Crippen LogP contribution >= 0.6 is 0 Å². The second kappa shape index (κ2) is 7.89. The molecule has 1 saturated heterocycles. The molecule has 162 valence electrons. The zero-order chi connectivity index (χ0) is 21.5. The fourth-order valence-electron chi connectivity index (χ4n) is 3.71. The first-order chi connectivity index (χ1) is 14.3. The van der Waals surface area contributed by atoms with Crippen molar-refractivity contribution in [2.75, 3.05) is 13.8 Å². The Kier molecular flexibility index (Phi) is 5.43. The van der Waals surface area contributed by atoms with Gasteiger partial charge in [0.15, 0.2) is 11.5 Å². The smallest absolute Gasteiger partial charge is 0.280 e. The van der Waals surface area contributed by atoms with Crippen LogP contribution in [0.1, 0.15) is 36.2 Å². The second-order valence-electron chi connectivity index (χ2n) is 7.37. The third-order valence-corrected chi connectivity index (χ3v) is 7.05. The number of nitrogens with zero attached hydrogens (tertiary/aromatic N) is 3. The zero-order valence-electron chi connectivity index (χ0n) is 17.1. The first kappa shape index (κ1) is 20.6. The van der Waals surface area contributed by atoms with Crippen molar-refractivity contribution in [3.8, 4) is 11.5 Å². The van der Waals surface area contributed by atoms with E-state index in [1.807, 2.05) is 26.1 Å². The summed E-state index contributed by atoms with van der Waals surface area (Å²) in [4.78, 5) is 12.9. The van der Waals surface area contributed by atoms with Crippen LogP contribution in [0.25, 0.3) is 0 Å². The minimum atomic E-state index is -3.81. The number of hydrogen-bond acceptors (Lipinski definition) is 6. The highest BCUT2D eigenvalue weighted by Crippen LogP contribution is 2.33. The predicted octanol–water partition coefficient (Wildman–Crippen LogP) is 0.836. The molecule has 3 heterocycles. The molecule has 11 heteroatoms. The molecule has 2 aromatic rings. The summed E-state index contributed by atoms with van der Waals surface area (Å²) in [6, 6.07) is 4.07. The molecule has 1 fully saturated rings. The molecule has 2 N–H and O–H groups in total. The monoisotopic (exact) mass is 435 g/mol. The van der Waals surface area contributed by atoms with Crippen LogP contribution in [-0.4, -0.2) is 48.3 Å². The quantitative estimate of drug-likeness (QED) is 0.719. The van der Waals surface area contributed by atoms with E-state index in [2.05, 4.69) is 15.1 Å². The molecular weight excluding hydrogens is 410 g/mol. The van der Waals surface area contributed by atoms with Crippen molar-refractivity contribution in [2.45, 2.75) is 45.4 Å². The van der Waals surface area contributed by atoms with Gasteiger partial charge in [-0.25, -0.2) is 0 Å². The number of nitrogens with one attached hydrogen (secondary N) is 2. The molecule has 10 nitrogen and oxygen atoms in total. The molecule has 0 unspecified atom stereocenters. The normalized spacial score (nSPS) is 22.8. The van der Waals surface area contributed by atoms with Gasteiger partial charge < -0.3 is 14.8 Å². The van der Waals surface area contributed by atoms with Gasteiger partial charge in [0.25, 0.3) is 10.2 Å². The number of rotatable bonds is 5. The first-order valence-electron chi connectivity index (χ1n) is 9.74. The molecule has 30 heavy (non-hydrogen) atoms. The summed E-state index contributed by atoms with van der Waals surface area (Å²) >= 11 is 0. The van der Waals surface area contributed by atoms with E-state index in [1.165, 1.54) is 7.05 Å². The fourth-order valence-corrected chi connectivity index (χ4v) is 4.97. The molecule has 2 aliphatic heterocycles. The van der Waals surface area contributed by atoms with Gasteiger partial charge in [0, 0.05) is 31.9 Å². The van der Waals surface area contributed by atoms with E-state index in [1.54, 1.807) is 16.8 Å². The highest BCUT2D eigenvalue weighted by Gasteiger charge is 2.41. The van der Waals surface area contributed by atoms with Crippen LogP contribution < -0.4 is 19.5 Å². The maximum Gasteiger partial charge on any atom is 0.280 e. The molecule has 0 bridgehead atoms. The lowest BCUT2D eigenvalue weighted by molar-refractivity contribution is -0.125. The summed E-state index contributed by atoms with van der Waals surface area (Å²) in [5, 5.41) is 7.23. The van der Waals surface area contributed by atoms with Crippen molar-refractivity contribution in [1.82, 2.24) is 24.1 Å². The molecular formula is C19H25N5O5S. The van der Waals surface area contributed by atoms with E-state index in [-0.39, 0.29) is 19.2 Å². The Bertz CT molecular complexity index is 1070. The SMILES string of the molecule is CCn1cc([C@H]2C[C@H](C(=O)NCc3ccc4c(c3)OCO4)N(C)S(=O)(=O)N2)c(C)n1. The number of hydrogen-bond donors (Lipinski definition) is 2. The van der Waals surface area contributed by atoms with Gasteiger partial charge in [-0.2, -0.15) is 22.5 Å². The van der Waals surface area contributed by atoms with Crippen LogP contribution in [0.5, 0.6) is 11.5 Å². The zero-order valence-corrected chi connectivity index (χ0v) is 17.9. The lowest BCUT2D eigenvalue weighted by atomic mass is 10.00. The number of carbonyl (C=O) groups excluding carboxylic acids is 1. The number of likely N-dealkylation sites (N-methyl/N-ethyl adjacent to an activating group) is 1. The Balaban J connectivity index is 1.49. The van der Waals surface area contributed by atoms with Crippen LogP contribution in [0, 0.1) is 6.92 Å². The average molecular weight is 436 g/mol. The summed E-state index contributed by atoms with van der Waals surface area (Å²) in [6.07, 6.45) is 2.13. The molecule has 4 rings (SSSR count). The standard InChI is InChI=1S/C19H25N5O5S/c1-4-24-10-14(12(2)21-24)15-8-16(23(3)30(26,27)22-15)19(25)20-9-13-5-6-17-18(7-13)29-11-28-17/h5-7,10,15-16,22H,4,8-9,11H2,1-3H3,(H,20,25)/t15-,16-/m1/s1. The minimum Gasteiger partial charge on any atom is -0.454 e. The number of carbonyl (C=O) groups is 1. The first-order valence-corrected chi connectivity index (χ1v) is 11.2. The number of aryl methyl sites for hydroxylation is 2. The van der Waals surface area contributed by atoms with E-state index >= 15 is 0 Å². The second-order valence-corrected chi connectivity index (χ2v) is 9.14. The van der Waals surface area contributed by atoms with Gasteiger partial charge >= 0.3 is 0 Å². The summed E-state index contributed by atoms with van der Waals surface area (Å²) in [5.74, 6) is 0.942. The minimum absolute atomic E-state index is 0.179. The molecule has 1 aromatic heterocycles. The Morgan fingerprint density at radius 1 is 1.33 bits per heavy atom. The summed E-state index contributed by atoms with van der Waals surface area (Å²) < 4.78 is 41.4. The predicted molar refractivity (Wildman–Crippen MR) is 108 cm³/mol. The number of benzene rings is 1. The molecule has 0 saturated carbocycles. The number of amides is 1. The number of aromatic nitrogens is 2. The third kappa shape index (κ3) is 3.87. The molecule has 0 spiro atoms. The topological polar surface area (TPSA) is 115 Å². The highest BCUT2D eigenvalue weighted by molar-refractivity contribution is 7.87. The lowest BCUT2D eigenvalue weighted by Gasteiger charge is -2.36. The van der Waals surface area contributed by atoms with Crippen LogP contribution in [0.3, 0.4) is 0 Å². The van der Waals surface area contributed by atoms with Gasteiger partial charge in [-0.3, -0.25) is 9.48 Å². The van der Waals surface area contributed by atoms with Crippen molar-refractivity contribution in [2.24, 2.45) is 0 Å². The Labute approximate surface area is 175 Å². The summed E-state index contributed by atoms with van der Waals surface area (Å²) in [5.41, 5.74) is 2.36. The van der Waals surface area contributed by atoms with E-state index in [9.17, 15) is 13.2 Å². The van der Waals surface area contributed by atoms with Gasteiger partial charge in [-0.05, 0) is 38.0 Å².